The molecule has 4 rings (SSSR count). The molecule has 0 bridgehead atoms. The molecule has 0 atom stereocenters. The zero-order chi connectivity index (χ0) is 22.7. The third kappa shape index (κ3) is 4.86. The minimum Gasteiger partial charge on any atom is -0.497 e. The van der Waals surface area contributed by atoms with Crippen molar-refractivity contribution in [3.05, 3.63) is 57.9 Å². The van der Waals surface area contributed by atoms with E-state index in [4.69, 9.17) is 33.3 Å². The van der Waals surface area contributed by atoms with Crippen molar-refractivity contribution in [3.63, 3.8) is 0 Å². The van der Waals surface area contributed by atoms with Gasteiger partial charge in [0.25, 0.3) is 11.8 Å². The molecular formula is C22H20ClN3O4S2. The van der Waals surface area contributed by atoms with Crippen LogP contribution in [0.1, 0.15) is 20.0 Å². The highest BCUT2D eigenvalue weighted by atomic mass is 35.5. The largest absolute Gasteiger partial charge is 0.497 e. The molecule has 1 aliphatic heterocycles. The van der Waals surface area contributed by atoms with E-state index in [-0.39, 0.29) is 11.0 Å². The third-order valence-electron chi connectivity index (χ3n) is 4.94. The summed E-state index contributed by atoms with van der Waals surface area (Å²) < 4.78 is 11.4. The van der Waals surface area contributed by atoms with Crippen LogP contribution in [0.15, 0.2) is 42.5 Å². The van der Waals surface area contributed by atoms with E-state index in [1.807, 2.05) is 12.1 Å². The predicted molar refractivity (Wildman–Crippen MR) is 130 cm³/mol. The Kier molecular flexibility index (Phi) is 6.90. The lowest BCUT2D eigenvalue weighted by Crippen LogP contribution is -2.40. The molecule has 0 unspecified atom stereocenters. The molecule has 2 heterocycles. The molecule has 0 radical (unpaired) electrons. The molecule has 3 aromatic rings. The van der Waals surface area contributed by atoms with Gasteiger partial charge in [0.2, 0.25) is 0 Å². The predicted octanol–water partition coefficient (Wildman–Crippen LogP) is 4.16. The molecule has 1 aromatic heterocycles. The van der Waals surface area contributed by atoms with Gasteiger partial charge in [-0.05, 0) is 48.6 Å². The van der Waals surface area contributed by atoms with Crippen LogP contribution in [0, 0.1) is 0 Å². The van der Waals surface area contributed by atoms with Crippen molar-refractivity contribution in [2.45, 2.75) is 0 Å². The summed E-state index contributed by atoms with van der Waals surface area (Å²) in [6.07, 6.45) is 0. The van der Waals surface area contributed by atoms with Gasteiger partial charge in [-0.15, -0.1) is 11.3 Å². The summed E-state index contributed by atoms with van der Waals surface area (Å²) in [6, 6.07) is 12.4. The fourth-order valence-electron chi connectivity index (χ4n) is 3.32. The standard InChI is InChI=1S/C22H20ClN3O4S2/c1-29-15-5-6-16-17(12-15)32-19(18(16)23)20(27)25-22(31)24-14-4-2-3-13(11-14)21(28)26-7-9-30-10-8-26/h2-6,11-12H,7-10H2,1H3,(H2,24,25,27,31). The topological polar surface area (TPSA) is 79.9 Å². The van der Waals surface area contributed by atoms with E-state index < -0.39 is 5.91 Å². The molecule has 2 aromatic carbocycles. The number of fused-ring (bicyclic) bond motifs is 1. The minimum absolute atomic E-state index is 0.0700. The number of halogens is 1. The molecule has 1 saturated heterocycles. The Balaban J connectivity index is 1.43. The number of rotatable bonds is 4. The smallest absolute Gasteiger partial charge is 0.269 e. The maximum absolute atomic E-state index is 12.8. The van der Waals surface area contributed by atoms with Gasteiger partial charge in [-0.3, -0.25) is 14.9 Å². The lowest BCUT2D eigenvalue weighted by molar-refractivity contribution is 0.0303. The quantitative estimate of drug-likeness (QED) is 0.536. The average Bonchev–Trinajstić information content (AvgIpc) is 3.15. The van der Waals surface area contributed by atoms with Crippen LogP contribution in [0.5, 0.6) is 5.75 Å². The summed E-state index contributed by atoms with van der Waals surface area (Å²) in [6.45, 7) is 2.19. The fourth-order valence-corrected chi connectivity index (χ4v) is 4.97. The fraction of sp³-hybridized carbons (Fsp3) is 0.227. The number of thiocarbonyl (C=S) groups is 1. The number of hydrogen-bond acceptors (Lipinski definition) is 6. The van der Waals surface area contributed by atoms with Gasteiger partial charge in [0.15, 0.2) is 5.11 Å². The number of anilines is 1. The van der Waals surface area contributed by atoms with Crippen LogP contribution in [0.4, 0.5) is 5.69 Å². The average molecular weight is 490 g/mol. The number of nitrogens with one attached hydrogen (secondary N) is 2. The van der Waals surface area contributed by atoms with Crippen molar-refractivity contribution < 1.29 is 19.1 Å². The summed E-state index contributed by atoms with van der Waals surface area (Å²) >= 11 is 13.0. The zero-order valence-corrected chi connectivity index (χ0v) is 19.5. The van der Waals surface area contributed by atoms with Gasteiger partial charge in [-0.2, -0.15) is 0 Å². The Hall–Kier alpha value is -2.72. The highest BCUT2D eigenvalue weighted by molar-refractivity contribution is 7.80. The Bertz CT molecular complexity index is 1190. The van der Waals surface area contributed by atoms with E-state index >= 15 is 0 Å². The first-order valence-electron chi connectivity index (χ1n) is 9.81. The lowest BCUT2D eigenvalue weighted by atomic mass is 10.1. The summed E-state index contributed by atoms with van der Waals surface area (Å²) in [5.41, 5.74) is 1.13. The number of nitrogens with zero attached hydrogens (tertiary/aromatic N) is 1. The normalized spacial score (nSPS) is 13.6. The number of hydrogen-bond donors (Lipinski definition) is 2. The molecule has 0 aliphatic carbocycles. The highest BCUT2D eigenvalue weighted by Crippen LogP contribution is 2.37. The molecule has 1 aliphatic rings. The summed E-state index contributed by atoms with van der Waals surface area (Å²) in [4.78, 5) is 27.6. The Morgan fingerprint density at radius 1 is 1.19 bits per heavy atom. The second-order valence-electron chi connectivity index (χ2n) is 7.00. The minimum atomic E-state index is -0.409. The van der Waals surface area contributed by atoms with Crippen LogP contribution in [-0.2, 0) is 4.74 Å². The molecule has 10 heteroatoms. The van der Waals surface area contributed by atoms with Gasteiger partial charge >= 0.3 is 0 Å². The van der Waals surface area contributed by atoms with Crippen LogP contribution in [0.25, 0.3) is 10.1 Å². The number of carbonyl (C=O) groups excluding carboxylic acids is 2. The maximum atomic E-state index is 12.8. The number of methoxy groups -OCH3 is 1. The molecule has 32 heavy (non-hydrogen) atoms. The van der Waals surface area contributed by atoms with Crippen LogP contribution in [-0.4, -0.2) is 55.2 Å². The first-order chi connectivity index (χ1) is 15.5. The molecular weight excluding hydrogens is 470 g/mol. The maximum Gasteiger partial charge on any atom is 0.269 e. The zero-order valence-electron chi connectivity index (χ0n) is 17.1. The van der Waals surface area contributed by atoms with Gasteiger partial charge < -0.3 is 19.7 Å². The number of thiophene rings is 1. The monoisotopic (exact) mass is 489 g/mol. The summed E-state index contributed by atoms with van der Waals surface area (Å²) in [7, 11) is 1.58. The molecule has 166 valence electrons. The van der Waals surface area contributed by atoms with Gasteiger partial charge in [0.1, 0.15) is 10.6 Å². The van der Waals surface area contributed by atoms with E-state index in [0.29, 0.717) is 53.2 Å². The molecule has 2 amide bonds. The number of carbonyl (C=O) groups is 2. The second-order valence-corrected chi connectivity index (χ2v) is 8.84. The van der Waals surface area contributed by atoms with Gasteiger partial charge in [0.05, 0.1) is 25.3 Å². The van der Waals surface area contributed by atoms with Crippen molar-refractivity contribution in [2.24, 2.45) is 0 Å². The van der Waals surface area contributed by atoms with E-state index in [2.05, 4.69) is 10.6 Å². The molecule has 2 N–H and O–H groups in total. The van der Waals surface area contributed by atoms with Crippen molar-refractivity contribution in [1.82, 2.24) is 10.2 Å². The van der Waals surface area contributed by atoms with Crippen molar-refractivity contribution in [2.75, 3.05) is 38.7 Å². The number of benzene rings is 2. The highest BCUT2D eigenvalue weighted by Gasteiger charge is 2.20. The SMILES string of the molecule is COc1ccc2c(Cl)c(C(=O)NC(=S)Nc3cccc(C(=O)N4CCOCC4)c3)sc2c1. The first kappa shape index (κ1) is 22.5. The van der Waals surface area contributed by atoms with E-state index in [1.165, 1.54) is 11.3 Å². The van der Waals surface area contributed by atoms with Gasteiger partial charge in [-0.25, -0.2) is 0 Å². The summed E-state index contributed by atoms with van der Waals surface area (Å²) in [5, 5.41) is 6.86. The summed E-state index contributed by atoms with van der Waals surface area (Å²) in [5.74, 6) is 0.207. The molecule has 1 fully saturated rings. The van der Waals surface area contributed by atoms with Crippen molar-refractivity contribution >= 4 is 67.9 Å². The third-order valence-corrected chi connectivity index (χ3v) is 6.80. The van der Waals surface area contributed by atoms with E-state index in [1.54, 1.807) is 42.3 Å². The molecule has 0 spiro atoms. The van der Waals surface area contributed by atoms with E-state index in [9.17, 15) is 9.59 Å². The van der Waals surface area contributed by atoms with Crippen LogP contribution >= 0.6 is 35.2 Å². The lowest BCUT2D eigenvalue weighted by Gasteiger charge is -2.27. The van der Waals surface area contributed by atoms with Gasteiger partial charge in [-0.1, -0.05) is 17.7 Å². The molecule has 7 nitrogen and oxygen atoms in total. The van der Waals surface area contributed by atoms with Crippen LogP contribution < -0.4 is 15.4 Å². The van der Waals surface area contributed by atoms with Crippen molar-refractivity contribution in [1.29, 1.82) is 0 Å². The van der Waals surface area contributed by atoms with Crippen LogP contribution in [0.3, 0.4) is 0 Å². The Morgan fingerprint density at radius 2 is 1.97 bits per heavy atom. The number of ether oxygens (including phenoxy) is 2. The molecule has 0 saturated carbocycles. The number of morpholine rings is 1. The van der Waals surface area contributed by atoms with Crippen LogP contribution in [0.2, 0.25) is 5.02 Å². The second kappa shape index (κ2) is 9.83. The van der Waals surface area contributed by atoms with E-state index in [0.717, 1.165) is 10.1 Å². The number of amides is 2. The van der Waals surface area contributed by atoms with Crippen molar-refractivity contribution in [3.8, 4) is 5.75 Å². The Morgan fingerprint density at radius 3 is 2.72 bits per heavy atom. The first-order valence-corrected chi connectivity index (χ1v) is 11.4. The Labute approximate surface area is 199 Å². The van der Waals surface area contributed by atoms with Gasteiger partial charge in [0, 0.05) is 34.4 Å².